The van der Waals surface area contributed by atoms with Gasteiger partial charge < -0.3 is 4.42 Å². The van der Waals surface area contributed by atoms with Gasteiger partial charge >= 0.3 is 0 Å². The van der Waals surface area contributed by atoms with Gasteiger partial charge in [-0.05, 0) is 66.2 Å². The molecule has 0 radical (unpaired) electrons. The third-order valence-corrected chi connectivity index (χ3v) is 4.43. The van der Waals surface area contributed by atoms with Gasteiger partial charge in [-0.2, -0.15) is 0 Å². The molecule has 26 heavy (non-hydrogen) atoms. The second-order valence-electron chi connectivity index (χ2n) is 6.29. The van der Waals surface area contributed by atoms with Crippen molar-refractivity contribution in [3.63, 3.8) is 0 Å². The van der Waals surface area contributed by atoms with E-state index in [-0.39, 0.29) is 0 Å². The number of aryl methyl sites for hydroxylation is 1. The van der Waals surface area contributed by atoms with Crippen LogP contribution in [-0.2, 0) is 13.1 Å². The van der Waals surface area contributed by atoms with E-state index >= 15 is 0 Å². The summed E-state index contributed by atoms with van der Waals surface area (Å²) in [5.41, 5.74) is 4.49. The maximum absolute atomic E-state index is 5.94. The lowest BCUT2D eigenvalue weighted by Crippen LogP contribution is -2.18. The first-order valence-corrected chi connectivity index (χ1v) is 8.58. The monoisotopic (exact) mass is 368 g/mol. The number of halogens is 1. The fourth-order valence-electron chi connectivity index (χ4n) is 2.84. The normalized spacial score (nSPS) is 11.5. The molecule has 0 aliphatic rings. The van der Waals surface area contributed by atoms with Crippen LogP contribution in [0.25, 0.3) is 22.5 Å². The molecule has 2 aromatic heterocycles. The molecule has 2 heterocycles. The molecule has 0 aliphatic heterocycles. The maximum atomic E-state index is 5.94. The van der Waals surface area contributed by atoms with Crippen LogP contribution in [0.3, 0.4) is 0 Å². The Kier molecular flexibility index (Phi) is 4.44. The number of aromatic nitrogens is 3. The Morgan fingerprint density at radius 3 is 2.58 bits per heavy atom. The molecule has 0 N–H and O–H groups in total. The first-order chi connectivity index (χ1) is 12.6. The van der Waals surface area contributed by atoms with Gasteiger partial charge in [0.1, 0.15) is 16.8 Å². The van der Waals surface area contributed by atoms with Crippen LogP contribution in [0, 0.1) is 6.92 Å². The van der Waals surface area contributed by atoms with E-state index in [4.69, 9.17) is 20.6 Å². The van der Waals surface area contributed by atoms with Crippen molar-refractivity contribution in [3.05, 3.63) is 64.5 Å². The third-order valence-electron chi connectivity index (χ3n) is 4.17. The summed E-state index contributed by atoms with van der Waals surface area (Å²) in [6.45, 7) is 3.37. The van der Waals surface area contributed by atoms with E-state index in [2.05, 4.69) is 20.2 Å². The van der Waals surface area contributed by atoms with Crippen molar-refractivity contribution in [1.29, 1.82) is 0 Å². The molecule has 0 unspecified atom stereocenters. The highest BCUT2D eigenvalue weighted by Crippen LogP contribution is 2.24. The van der Waals surface area contributed by atoms with Crippen molar-refractivity contribution in [1.82, 2.24) is 20.2 Å². The van der Waals surface area contributed by atoms with Gasteiger partial charge in [0.05, 0.1) is 5.69 Å². The molecular formula is C19H17ClN4O2. The number of hydrogen-bond donors (Lipinski definition) is 0. The summed E-state index contributed by atoms with van der Waals surface area (Å²) in [4.78, 5) is 6.82. The van der Waals surface area contributed by atoms with E-state index in [0.717, 1.165) is 40.2 Å². The number of oxazole rings is 1. The molecular weight excluding hydrogens is 352 g/mol. The molecule has 6 nitrogen and oxygen atoms in total. The lowest BCUT2D eigenvalue weighted by molar-refractivity contribution is 0.312. The summed E-state index contributed by atoms with van der Waals surface area (Å²) in [7, 11) is 2.04. The highest BCUT2D eigenvalue weighted by atomic mass is 35.5. The van der Waals surface area contributed by atoms with Gasteiger partial charge in [0.2, 0.25) is 5.89 Å². The molecule has 0 fully saturated rings. The lowest BCUT2D eigenvalue weighted by Gasteiger charge is -2.15. The van der Waals surface area contributed by atoms with Crippen LogP contribution in [0.5, 0.6) is 0 Å². The zero-order chi connectivity index (χ0) is 18.1. The molecule has 4 aromatic rings. The van der Waals surface area contributed by atoms with E-state index in [9.17, 15) is 0 Å². The average Bonchev–Trinajstić information content (AvgIpc) is 3.22. The summed E-state index contributed by atoms with van der Waals surface area (Å²) in [6.07, 6.45) is 0. The van der Waals surface area contributed by atoms with Crippen LogP contribution >= 0.6 is 11.6 Å². The van der Waals surface area contributed by atoms with Gasteiger partial charge in [-0.1, -0.05) is 17.7 Å². The smallest absolute Gasteiger partial charge is 0.226 e. The fourth-order valence-corrected chi connectivity index (χ4v) is 2.97. The van der Waals surface area contributed by atoms with Crippen molar-refractivity contribution in [2.24, 2.45) is 0 Å². The van der Waals surface area contributed by atoms with Crippen LogP contribution in [-0.4, -0.2) is 27.2 Å². The minimum absolute atomic E-state index is 0.609. The van der Waals surface area contributed by atoms with Crippen LogP contribution in [0.2, 0.25) is 5.02 Å². The van der Waals surface area contributed by atoms with Crippen molar-refractivity contribution >= 4 is 22.6 Å². The predicted molar refractivity (Wildman–Crippen MR) is 98.7 cm³/mol. The molecule has 2 aromatic carbocycles. The molecule has 0 spiro atoms. The fraction of sp³-hybridized carbons (Fsp3) is 0.211. The highest BCUT2D eigenvalue weighted by molar-refractivity contribution is 6.30. The van der Waals surface area contributed by atoms with Gasteiger partial charge in [-0.25, -0.2) is 9.61 Å². The van der Waals surface area contributed by atoms with E-state index in [1.807, 2.05) is 56.4 Å². The summed E-state index contributed by atoms with van der Waals surface area (Å²) >= 11 is 5.94. The van der Waals surface area contributed by atoms with E-state index < -0.39 is 0 Å². The second-order valence-corrected chi connectivity index (χ2v) is 6.72. The second kappa shape index (κ2) is 6.90. The first kappa shape index (κ1) is 16.8. The summed E-state index contributed by atoms with van der Waals surface area (Å²) in [5, 5.41) is 8.40. The van der Waals surface area contributed by atoms with Gasteiger partial charge in [0, 0.05) is 23.7 Å². The molecule has 0 saturated carbocycles. The summed E-state index contributed by atoms with van der Waals surface area (Å²) in [6, 6.07) is 13.4. The Balaban J connectivity index is 1.48. The first-order valence-electron chi connectivity index (χ1n) is 8.20. The lowest BCUT2D eigenvalue weighted by atomic mass is 10.2. The molecule has 132 valence electrons. The Morgan fingerprint density at radius 2 is 1.77 bits per heavy atom. The Hall–Kier alpha value is -2.70. The van der Waals surface area contributed by atoms with E-state index in [0.29, 0.717) is 17.5 Å². The molecule has 0 atom stereocenters. The summed E-state index contributed by atoms with van der Waals surface area (Å²) < 4.78 is 10.6. The molecule has 0 aliphatic carbocycles. The highest BCUT2D eigenvalue weighted by Gasteiger charge is 2.14. The molecule has 0 saturated heterocycles. The standard InChI is InChI=1S/C19H17ClN4O2/c1-12-18(21-19(25-12)14-4-6-15(20)7-5-14)11-24(2)10-13-3-8-16-17(9-13)23-26-22-16/h3-9H,10-11H2,1-2H3. The average molecular weight is 369 g/mol. The van der Waals surface area contributed by atoms with Crippen LogP contribution in [0.1, 0.15) is 17.0 Å². The van der Waals surface area contributed by atoms with Crippen LogP contribution < -0.4 is 0 Å². The zero-order valence-corrected chi connectivity index (χ0v) is 15.2. The van der Waals surface area contributed by atoms with E-state index in [1.165, 1.54) is 0 Å². The maximum Gasteiger partial charge on any atom is 0.226 e. The minimum atomic E-state index is 0.609. The van der Waals surface area contributed by atoms with Gasteiger partial charge in [-0.3, -0.25) is 4.90 Å². The SMILES string of the molecule is Cc1oc(-c2ccc(Cl)cc2)nc1CN(C)Cc1ccc2nonc2c1. The number of rotatable bonds is 5. The quantitative estimate of drug-likeness (QED) is 0.517. The van der Waals surface area contributed by atoms with Gasteiger partial charge in [0.15, 0.2) is 0 Å². The van der Waals surface area contributed by atoms with Crippen molar-refractivity contribution in [3.8, 4) is 11.5 Å². The van der Waals surface area contributed by atoms with E-state index in [1.54, 1.807) is 0 Å². The van der Waals surface area contributed by atoms with Crippen molar-refractivity contribution in [2.75, 3.05) is 7.05 Å². The Labute approximate surface area is 155 Å². The van der Waals surface area contributed by atoms with Crippen LogP contribution in [0.4, 0.5) is 0 Å². The van der Waals surface area contributed by atoms with Crippen molar-refractivity contribution < 1.29 is 9.05 Å². The molecule has 4 rings (SSSR count). The molecule has 7 heteroatoms. The van der Waals surface area contributed by atoms with Crippen LogP contribution in [0.15, 0.2) is 51.5 Å². The largest absolute Gasteiger partial charge is 0.441 e. The zero-order valence-electron chi connectivity index (χ0n) is 14.4. The minimum Gasteiger partial charge on any atom is -0.441 e. The topological polar surface area (TPSA) is 68.2 Å². The van der Waals surface area contributed by atoms with Gasteiger partial charge in [-0.15, -0.1) is 0 Å². The van der Waals surface area contributed by atoms with Crippen molar-refractivity contribution in [2.45, 2.75) is 20.0 Å². The Bertz CT molecular complexity index is 1040. The number of nitrogens with zero attached hydrogens (tertiary/aromatic N) is 4. The van der Waals surface area contributed by atoms with Gasteiger partial charge in [0.25, 0.3) is 0 Å². The predicted octanol–water partition coefficient (Wildman–Crippen LogP) is 4.47. The molecule has 0 amide bonds. The third kappa shape index (κ3) is 3.47. The number of hydrogen-bond acceptors (Lipinski definition) is 6. The summed E-state index contributed by atoms with van der Waals surface area (Å²) in [5.74, 6) is 1.43. The molecule has 0 bridgehead atoms. The number of fused-ring (bicyclic) bond motifs is 1. The Morgan fingerprint density at radius 1 is 1.00 bits per heavy atom. The number of benzene rings is 2.